The van der Waals surface area contributed by atoms with Crippen LogP contribution in [-0.2, 0) is 9.53 Å². The Labute approximate surface area is 67.4 Å². The Morgan fingerprint density at radius 2 is 2.18 bits per heavy atom. The average Bonchev–Trinajstić information content (AvgIpc) is 1.87. The normalized spacial score (nSPS) is 9.27. The standard InChI is InChI=1S/C8H15NO2/c1-4-11-8(10)6-9-5-7(2)3/h9H,2,4-6H2,1,3H3. The second kappa shape index (κ2) is 5.92. The zero-order valence-corrected chi connectivity index (χ0v) is 7.14. The maximum Gasteiger partial charge on any atom is 0.319 e. The molecule has 0 atom stereocenters. The number of nitrogens with one attached hydrogen (secondary N) is 1. The molecule has 0 fully saturated rings. The number of esters is 1. The molecule has 1 N–H and O–H groups in total. The molecule has 0 aliphatic carbocycles. The van der Waals surface area contributed by atoms with E-state index in [0.717, 1.165) is 5.57 Å². The van der Waals surface area contributed by atoms with Gasteiger partial charge in [-0.15, -0.1) is 0 Å². The maximum absolute atomic E-state index is 10.7. The Kier molecular flexibility index (Phi) is 5.47. The van der Waals surface area contributed by atoms with Crippen LogP contribution >= 0.6 is 0 Å². The van der Waals surface area contributed by atoms with Crippen molar-refractivity contribution in [3.8, 4) is 0 Å². The highest BCUT2D eigenvalue weighted by Gasteiger charge is 1.98. The molecule has 0 aromatic rings. The lowest BCUT2D eigenvalue weighted by Gasteiger charge is -2.02. The van der Waals surface area contributed by atoms with E-state index in [1.165, 1.54) is 0 Å². The minimum atomic E-state index is -0.214. The van der Waals surface area contributed by atoms with Gasteiger partial charge in [-0.05, 0) is 13.8 Å². The van der Waals surface area contributed by atoms with Crippen LogP contribution < -0.4 is 5.32 Å². The predicted octanol–water partition coefficient (Wildman–Crippen LogP) is 0.715. The van der Waals surface area contributed by atoms with E-state index in [2.05, 4.69) is 11.9 Å². The van der Waals surface area contributed by atoms with Crippen molar-refractivity contribution in [3.63, 3.8) is 0 Å². The van der Waals surface area contributed by atoms with Crippen LogP contribution in [0.15, 0.2) is 12.2 Å². The number of ether oxygens (including phenoxy) is 1. The first-order valence-corrected chi connectivity index (χ1v) is 3.67. The molecular formula is C8H15NO2. The second-order valence-electron chi connectivity index (χ2n) is 2.37. The molecule has 3 heteroatoms. The third-order valence-corrected chi connectivity index (χ3v) is 1.00. The van der Waals surface area contributed by atoms with E-state index in [9.17, 15) is 4.79 Å². The molecule has 0 aromatic heterocycles. The van der Waals surface area contributed by atoms with E-state index in [4.69, 9.17) is 4.74 Å². The summed E-state index contributed by atoms with van der Waals surface area (Å²) in [6.45, 7) is 8.74. The summed E-state index contributed by atoms with van der Waals surface area (Å²) < 4.78 is 4.69. The molecule has 0 aliphatic heterocycles. The van der Waals surface area contributed by atoms with Gasteiger partial charge in [0.25, 0.3) is 0 Å². The molecule has 11 heavy (non-hydrogen) atoms. The summed E-state index contributed by atoms with van der Waals surface area (Å²) in [6.07, 6.45) is 0. The van der Waals surface area contributed by atoms with Crippen LogP contribution in [0.4, 0.5) is 0 Å². The quantitative estimate of drug-likeness (QED) is 0.472. The smallest absolute Gasteiger partial charge is 0.319 e. The van der Waals surface area contributed by atoms with Crippen LogP contribution in [0, 0.1) is 0 Å². The fraction of sp³-hybridized carbons (Fsp3) is 0.625. The van der Waals surface area contributed by atoms with Crippen LogP contribution in [0.1, 0.15) is 13.8 Å². The third kappa shape index (κ3) is 7.06. The zero-order valence-electron chi connectivity index (χ0n) is 7.14. The SMILES string of the molecule is C=C(C)CNCC(=O)OCC. The first-order chi connectivity index (χ1) is 5.16. The summed E-state index contributed by atoms with van der Waals surface area (Å²) in [5.74, 6) is -0.214. The van der Waals surface area contributed by atoms with Crippen LogP contribution in [0.5, 0.6) is 0 Å². The van der Waals surface area contributed by atoms with Gasteiger partial charge in [-0.3, -0.25) is 4.79 Å². The Balaban J connectivity index is 3.24. The molecular weight excluding hydrogens is 142 g/mol. The maximum atomic E-state index is 10.7. The van der Waals surface area contributed by atoms with Crippen molar-refractivity contribution < 1.29 is 9.53 Å². The van der Waals surface area contributed by atoms with Gasteiger partial charge in [0.15, 0.2) is 0 Å². The van der Waals surface area contributed by atoms with E-state index < -0.39 is 0 Å². The molecule has 0 unspecified atom stereocenters. The van der Waals surface area contributed by atoms with Crippen molar-refractivity contribution in [1.82, 2.24) is 5.32 Å². The van der Waals surface area contributed by atoms with E-state index in [1.807, 2.05) is 6.92 Å². The van der Waals surface area contributed by atoms with E-state index in [0.29, 0.717) is 13.2 Å². The molecule has 0 spiro atoms. The van der Waals surface area contributed by atoms with E-state index >= 15 is 0 Å². The predicted molar refractivity (Wildman–Crippen MR) is 44.3 cm³/mol. The highest BCUT2D eigenvalue weighted by Crippen LogP contribution is 1.81. The lowest BCUT2D eigenvalue weighted by Crippen LogP contribution is -2.25. The number of hydrogen-bond donors (Lipinski definition) is 1. The van der Waals surface area contributed by atoms with Gasteiger partial charge in [-0.25, -0.2) is 0 Å². The van der Waals surface area contributed by atoms with Gasteiger partial charge in [0.1, 0.15) is 0 Å². The van der Waals surface area contributed by atoms with Crippen molar-refractivity contribution in [2.45, 2.75) is 13.8 Å². The highest BCUT2D eigenvalue weighted by molar-refractivity contribution is 5.71. The van der Waals surface area contributed by atoms with Crippen molar-refractivity contribution in [1.29, 1.82) is 0 Å². The fourth-order valence-corrected chi connectivity index (χ4v) is 0.590. The minimum Gasteiger partial charge on any atom is -0.465 e. The van der Waals surface area contributed by atoms with Crippen molar-refractivity contribution in [2.75, 3.05) is 19.7 Å². The van der Waals surface area contributed by atoms with Gasteiger partial charge in [-0.1, -0.05) is 12.2 Å². The molecule has 0 aromatic carbocycles. The van der Waals surface area contributed by atoms with Gasteiger partial charge >= 0.3 is 5.97 Å². The Morgan fingerprint density at radius 1 is 1.55 bits per heavy atom. The highest BCUT2D eigenvalue weighted by atomic mass is 16.5. The van der Waals surface area contributed by atoms with Crippen LogP contribution in [-0.4, -0.2) is 25.7 Å². The van der Waals surface area contributed by atoms with E-state index in [-0.39, 0.29) is 12.5 Å². The first-order valence-electron chi connectivity index (χ1n) is 3.67. The number of carbonyl (C=O) groups excluding carboxylic acids is 1. The first kappa shape index (κ1) is 10.2. The third-order valence-electron chi connectivity index (χ3n) is 1.00. The van der Waals surface area contributed by atoms with Crippen LogP contribution in [0.2, 0.25) is 0 Å². The molecule has 0 bridgehead atoms. The molecule has 64 valence electrons. The van der Waals surface area contributed by atoms with Crippen LogP contribution in [0.3, 0.4) is 0 Å². The lowest BCUT2D eigenvalue weighted by molar-refractivity contribution is -0.141. The topological polar surface area (TPSA) is 38.3 Å². The van der Waals surface area contributed by atoms with Crippen molar-refractivity contribution >= 4 is 5.97 Å². The molecule has 0 heterocycles. The molecule has 3 nitrogen and oxygen atoms in total. The molecule has 0 amide bonds. The Bertz CT molecular complexity index is 143. The Morgan fingerprint density at radius 3 is 2.64 bits per heavy atom. The minimum absolute atomic E-state index is 0.214. The van der Waals surface area contributed by atoms with Gasteiger partial charge in [0, 0.05) is 6.54 Å². The van der Waals surface area contributed by atoms with Gasteiger partial charge in [0.05, 0.1) is 13.2 Å². The summed E-state index contributed by atoms with van der Waals surface area (Å²) in [4.78, 5) is 10.7. The lowest BCUT2D eigenvalue weighted by atomic mass is 10.3. The monoisotopic (exact) mass is 157 g/mol. The average molecular weight is 157 g/mol. The second-order valence-corrected chi connectivity index (χ2v) is 2.37. The fourth-order valence-electron chi connectivity index (χ4n) is 0.590. The summed E-state index contributed by atoms with van der Waals surface area (Å²) in [6, 6.07) is 0. The Hall–Kier alpha value is -0.830. The van der Waals surface area contributed by atoms with Crippen molar-refractivity contribution in [2.24, 2.45) is 0 Å². The largest absolute Gasteiger partial charge is 0.465 e. The van der Waals surface area contributed by atoms with Gasteiger partial charge in [0.2, 0.25) is 0 Å². The van der Waals surface area contributed by atoms with Crippen LogP contribution in [0.25, 0.3) is 0 Å². The number of carbonyl (C=O) groups is 1. The van der Waals surface area contributed by atoms with Gasteiger partial charge < -0.3 is 10.1 Å². The molecule has 0 saturated carbocycles. The summed E-state index contributed by atoms with van der Waals surface area (Å²) in [5, 5.41) is 2.90. The molecule has 0 radical (unpaired) electrons. The number of rotatable bonds is 5. The van der Waals surface area contributed by atoms with Crippen molar-refractivity contribution in [3.05, 3.63) is 12.2 Å². The summed E-state index contributed by atoms with van der Waals surface area (Å²) in [7, 11) is 0. The molecule has 0 rings (SSSR count). The number of hydrogen-bond acceptors (Lipinski definition) is 3. The zero-order chi connectivity index (χ0) is 8.69. The summed E-state index contributed by atoms with van der Waals surface area (Å²) in [5.41, 5.74) is 1.01. The summed E-state index contributed by atoms with van der Waals surface area (Å²) >= 11 is 0. The van der Waals surface area contributed by atoms with E-state index in [1.54, 1.807) is 6.92 Å². The van der Waals surface area contributed by atoms with Gasteiger partial charge in [-0.2, -0.15) is 0 Å². The molecule has 0 aliphatic rings. The molecule has 0 saturated heterocycles.